The van der Waals surface area contributed by atoms with E-state index in [4.69, 9.17) is 10.5 Å². The summed E-state index contributed by atoms with van der Waals surface area (Å²) in [6, 6.07) is 5.18. The first-order chi connectivity index (χ1) is 9.10. The summed E-state index contributed by atoms with van der Waals surface area (Å²) in [4.78, 5) is 0.566. The number of hydrogen-bond acceptors (Lipinski definition) is 5. The van der Waals surface area contributed by atoms with Crippen molar-refractivity contribution in [1.29, 1.82) is 0 Å². The molecule has 7 heteroatoms. The molecular formula is C12H16N4O2S. The molecule has 6 nitrogen and oxygen atoms in total. The van der Waals surface area contributed by atoms with E-state index in [1.165, 1.54) is 0 Å². The van der Waals surface area contributed by atoms with Gasteiger partial charge in [0.2, 0.25) is 0 Å². The van der Waals surface area contributed by atoms with Crippen LogP contribution in [-0.4, -0.2) is 25.8 Å². The number of nitrogen functional groups attached to an aromatic ring is 1. The number of ether oxygens (including phenoxy) is 1. The highest BCUT2D eigenvalue weighted by atomic mass is 32.2. The lowest BCUT2D eigenvalue weighted by molar-refractivity contribution is 0.339. The summed E-state index contributed by atoms with van der Waals surface area (Å²) >= 11 is 0. The second-order valence-electron chi connectivity index (χ2n) is 4.01. The Morgan fingerprint density at radius 3 is 2.89 bits per heavy atom. The van der Waals surface area contributed by atoms with Crippen LogP contribution in [0.25, 0.3) is 0 Å². The normalized spacial score (nSPS) is 12.3. The first-order valence-electron chi connectivity index (χ1n) is 5.86. The largest absolute Gasteiger partial charge is 0.494 e. The second kappa shape index (κ2) is 5.83. The molecule has 1 aromatic heterocycles. The number of hydrogen-bond donors (Lipinski definition) is 1. The molecule has 19 heavy (non-hydrogen) atoms. The van der Waals surface area contributed by atoms with Crippen LogP contribution in [0.2, 0.25) is 0 Å². The highest BCUT2D eigenvalue weighted by Crippen LogP contribution is 2.24. The SMILES string of the molecule is CCOc1ccc(N)c(S(=O)Cc2cn(C)nn2)c1. The minimum atomic E-state index is -1.27. The van der Waals surface area contributed by atoms with Gasteiger partial charge in [0.1, 0.15) is 5.75 Å². The summed E-state index contributed by atoms with van der Waals surface area (Å²) in [6.45, 7) is 2.45. The van der Waals surface area contributed by atoms with Crippen LogP contribution in [0, 0.1) is 0 Å². The van der Waals surface area contributed by atoms with Crippen LogP contribution in [0.5, 0.6) is 5.75 Å². The zero-order valence-corrected chi connectivity index (χ0v) is 11.7. The zero-order chi connectivity index (χ0) is 13.8. The molecule has 0 radical (unpaired) electrons. The zero-order valence-electron chi connectivity index (χ0n) is 10.9. The summed E-state index contributed by atoms with van der Waals surface area (Å²) in [5.41, 5.74) is 7.02. The Hall–Kier alpha value is -1.89. The molecule has 0 spiro atoms. The molecule has 2 aromatic rings. The van der Waals surface area contributed by atoms with Crippen molar-refractivity contribution in [1.82, 2.24) is 15.0 Å². The number of aryl methyl sites for hydroxylation is 1. The molecule has 1 unspecified atom stereocenters. The summed E-state index contributed by atoms with van der Waals surface area (Å²) < 4.78 is 19.3. The Morgan fingerprint density at radius 1 is 1.47 bits per heavy atom. The summed E-state index contributed by atoms with van der Waals surface area (Å²) in [6.07, 6.45) is 1.74. The second-order valence-corrected chi connectivity index (χ2v) is 5.43. The van der Waals surface area contributed by atoms with Crippen LogP contribution >= 0.6 is 0 Å². The van der Waals surface area contributed by atoms with Gasteiger partial charge >= 0.3 is 0 Å². The predicted molar refractivity (Wildman–Crippen MR) is 73.1 cm³/mol. The van der Waals surface area contributed by atoms with Crippen molar-refractivity contribution < 1.29 is 8.95 Å². The van der Waals surface area contributed by atoms with E-state index < -0.39 is 10.8 Å². The molecule has 0 bridgehead atoms. The van der Waals surface area contributed by atoms with E-state index in [-0.39, 0.29) is 5.75 Å². The van der Waals surface area contributed by atoms with Crippen molar-refractivity contribution >= 4 is 16.5 Å². The number of rotatable bonds is 5. The predicted octanol–water partition coefficient (Wildman–Crippen LogP) is 1.10. The Morgan fingerprint density at radius 2 is 2.26 bits per heavy atom. The molecule has 1 heterocycles. The average molecular weight is 280 g/mol. The maximum absolute atomic E-state index is 12.3. The van der Waals surface area contributed by atoms with Gasteiger partial charge in [-0.2, -0.15) is 0 Å². The monoisotopic (exact) mass is 280 g/mol. The molecule has 2 N–H and O–H groups in total. The lowest BCUT2D eigenvalue weighted by Crippen LogP contribution is -2.02. The first kappa shape index (κ1) is 13.5. The summed E-state index contributed by atoms with van der Waals surface area (Å²) in [5.74, 6) is 0.951. The molecular weight excluding hydrogens is 264 g/mol. The molecule has 0 fully saturated rings. The van der Waals surface area contributed by atoms with Crippen molar-refractivity contribution in [2.24, 2.45) is 7.05 Å². The summed E-state index contributed by atoms with van der Waals surface area (Å²) in [7, 11) is 0.500. The Bertz CT molecular complexity index is 597. The number of nitrogens with zero attached hydrogens (tertiary/aromatic N) is 3. The fraction of sp³-hybridized carbons (Fsp3) is 0.333. The number of benzene rings is 1. The van der Waals surface area contributed by atoms with Crippen LogP contribution in [0.15, 0.2) is 29.3 Å². The van der Waals surface area contributed by atoms with Gasteiger partial charge in [0.15, 0.2) is 0 Å². The van der Waals surface area contributed by atoms with Gasteiger partial charge in [-0.05, 0) is 25.1 Å². The fourth-order valence-electron chi connectivity index (χ4n) is 1.64. The molecule has 0 aliphatic heterocycles. The van der Waals surface area contributed by atoms with E-state index in [1.54, 1.807) is 36.1 Å². The smallest absolute Gasteiger partial charge is 0.120 e. The molecule has 102 valence electrons. The maximum atomic E-state index is 12.3. The third-order valence-corrected chi connectivity index (χ3v) is 3.87. The van der Waals surface area contributed by atoms with E-state index in [1.807, 2.05) is 6.92 Å². The van der Waals surface area contributed by atoms with Crippen LogP contribution in [0.3, 0.4) is 0 Å². The van der Waals surface area contributed by atoms with Crippen molar-refractivity contribution in [2.75, 3.05) is 12.3 Å². The van der Waals surface area contributed by atoms with Crippen molar-refractivity contribution in [3.63, 3.8) is 0 Å². The quantitative estimate of drug-likeness (QED) is 0.829. The molecule has 0 amide bonds. The van der Waals surface area contributed by atoms with Gasteiger partial charge in [-0.3, -0.25) is 8.89 Å². The van der Waals surface area contributed by atoms with Gasteiger partial charge in [-0.15, -0.1) is 5.10 Å². The Balaban J connectivity index is 2.20. The third-order valence-electron chi connectivity index (χ3n) is 2.47. The molecule has 0 aliphatic rings. The van der Waals surface area contributed by atoms with E-state index in [2.05, 4.69) is 10.3 Å². The Labute approximate surface area is 114 Å². The van der Waals surface area contributed by atoms with E-state index in [9.17, 15) is 4.21 Å². The Kier molecular flexibility index (Phi) is 4.16. The number of aromatic nitrogens is 3. The maximum Gasteiger partial charge on any atom is 0.120 e. The molecule has 0 saturated carbocycles. The standard InChI is InChI=1S/C12H16N4O2S/c1-3-18-10-4-5-11(13)12(6-10)19(17)8-9-7-16(2)15-14-9/h4-7H,3,8,13H2,1-2H3. The minimum Gasteiger partial charge on any atom is -0.494 e. The van der Waals surface area contributed by atoms with Crippen LogP contribution in [0.4, 0.5) is 5.69 Å². The molecule has 2 rings (SSSR count). The highest BCUT2D eigenvalue weighted by molar-refractivity contribution is 7.84. The van der Waals surface area contributed by atoms with Gasteiger partial charge < -0.3 is 10.5 Å². The van der Waals surface area contributed by atoms with Gasteiger partial charge in [-0.1, -0.05) is 5.21 Å². The van der Waals surface area contributed by atoms with Crippen molar-refractivity contribution in [3.8, 4) is 5.75 Å². The first-order valence-corrected chi connectivity index (χ1v) is 7.18. The minimum absolute atomic E-state index is 0.285. The van der Waals surface area contributed by atoms with Crippen molar-refractivity contribution in [2.45, 2.75) is 17.6 Å². The fourth-order valence-corrected chi connectivity index (χ4v) is 2.78. The van der Waals surface area contributed by atoms with Gasteiger partial charge in [0.25, 0.3) is 0 Å². The lowest BCUT2D eigenvalue weighted by Gasteiger charge is -2.08. The number of anilines is 1. The van der Waals surface area contributed by atoms with Gasteiger partial charge in [0.05, 0.1) is 33.7 Å². The van der Waals surface area contributed by atoms with Crippen molar-refractivity contribution in [3.05, 3.63) is 30.1 Å². The number of nitrogens with two attached hydrogens (primary N) is 1. The summed E-state index contributed by atoms with van der Waals surface area (Å²) in [5, 5.41) is 7.73. The van der Waals surface area contributed by atoms with Crippen LogP contribution in [-0.2, 0) is 23.6 Å². The van der Waals surface area contributed by atoms with E-state index in [0.29, 0.717) is 28.6 Å². The molecule has 0 saturated heterocycles. The van der Waals surface area contributed by atoms with Crippen LogP contribution < -0.4 is 10.5 Å². The van der Waals surface area contributed by atoms with Gasteiger partial charge in [-0.25, -0.2) is 0 Å². The average Bonchev–Trinajstić information content (AvgIpc) is 2.77. The molecule has 0 aliphatic carbocycles. The van der Waals surface area contributed by atoms with Gasteiger partial charge in [0, 0.05) is 18.9 Å². The third kappa shape index (κ3) is 3.31. The molecule has 1 aromatic carbocycles. The van der Waals surface area contributed by atoms with E-state index in [0.717, 1.165) is 0 Å². The topological polar surface area (TPSA) is 83.0 Å². The van der Waals surface area contributed by atoms with Crippen LogP contribution in [0.1, 0.15) is 12.6 Å². The van der Waals surface area contributed by atoms with E-state index >= 15 is 0 Å². The molecule has 1 atom stereocenters. The highest BCUT2D eigenvalue weighted by Gasteiger charge is 2.12. The lowest BCUT2D eigenvalue weighted by atomic mass is 10.3.